The van der Waals surface area contributed by atoms with Crippen LogP contribution in [0.25, 0.3) is 6.08 Å². The molecule has 0 bridgehead atoms. The summed E-state index contributed by atoms with van der Waals surface area (Å²) in [6.07, 6.45) is 3.84. The number of ether oxygens (including phenoxy) is 1. The van der Waals surface area contributed by atoms with E-state index >= 15 is 0 Å². The highest BCUT2D eigenvalue weighted by atomic mass is 19.1. The molecule has 3 rings (SSSR count). The Morgan fingerprint density at radius 2 is 1.92 bits per heavy atom. The first-order valence-electron chi connectivity index (χ1n) is 7.95. The topological polar surface area (TPSA) is 38.3 Å². The second-order valence-corrected chi connectivity index (χ2v) is 6.55. The Hall–Kier alpha value is -2.62. The highest BCUT2D eigenvalue weighted by Gasteiger charge is 2.33. The van der Waals surface area contributed by atoms with Crippen molar-refractivity contribution in [3.8, 4) is 5.75 Å². The van der Waals surface area contributed by atoms with Gasteiger partial charge in [0.25, 0.3) is 0 Å². The molecule has 4 heteroatoms. The molecule has 0 saturated heterocycles. The van der Waals surface area contributed by atoms with Gasteiger partial charge in [-0.05, 0) is 43.7 Å². The molecule has 124 valence electrons. The first-order valence-corrected chi connectivity index (χ1v) is 7.95. The molecule has 1 unspecified atom stereocenters. The molecular weight excluding hydrogens is 305 g/mol. The van der Waals surface area contributed by atoms with Crippen LogP contribution >= 0.6 is 0 Å². The molecule has 24 heavy (non-hydrogen) atoms. The lowest BCUT2D eigenvalue weighted by atomic mass is 9.89. The summed E-state index contributed by atoms with van der Waals surface area (Å²) in [4.78, 5) is 12.3. The number of hydrogen-bond donors (Lipinski definition) is 1. The van der Waals surface area contributed by atoms with Gasteiger partial charge in [-0.3, -0.25) is 4.79 Å². The van der Waals surface area contributed by atoms with Crippen LogP contribution in [0.4, 0.5) is 4.39 Å². The number of nitrogens with one attached hydrogen (secondary N) is 1. The van der Waals surface area contributed by atoms with Crippen molar-refractivity contribution < 1.29 is 13.9 Å². The van der Waals surface area contributed by atoms with Gasteiger partial charge < -0.3 is 10.1 Å². The molecular formula is C20H20FNO2. The van der Waals surface area contributed by atoms with Crippen molar-refractivity contribution in [1.29, 1.82) is 0 Å². The van der Waals surface area contributed by atoms with Gasteiger partial charge >= 0.3 is 0 Å². The van der Waals surface area contributed by atoms with Crippen LogP contribution in [0.2, 0.25) is 0 Å². The van der Waals surface area contributed by atoms with Crippen LogP contribution in [-0.4, -0.2) is 11.5 Å². The van der Waals surface area contributed by atoms with Crippen molar-refractivity contribution in [3.63, 3.8) is 0 Å². The first-order chi connectivity index (χ1) is 11.4. The number of benzene rings is 2. The third-order valence-corrected chi connectivity index (χ3v) is 3.99. The van der Waals surface area contributed by atoms with E-state index in [2.05, 4.69) is 5.32 Å². The highest BCUT2D eigenvalue weighted by Crippen LogP contribution is 2.39. The zero-order valence-corrected chi connectivity index (χ0v) is 13.8. The van der Waals surface area contributed by atoms with Gasteiger partial charge in [-0.25, -0.2) is 4.39 Å². The molecule has 1 atom stereocenters. The predicted molar refractivity (Wildman–Crippen MR) is 92.1 cm³/mol. The van der Waals surface area contributed by atoms with Gasteiger partial charge in [0.1, 0.15) is 17.2 Å². The maximum absolute atomic E-state index is 12.9. The molecule has 1 aliphatic heterocycles. The van der Waals surface area contributed by atoms with Crippen LogP contribution in [-0.2, 0) is 4.79 Å². The fourth-order valence-electron chi connectivity index (χ4n) is 2.90. The van der Waals surface area contributed by atoms with Crippen molar-refractivity contribution in [3.05, 3.63) is 71.6 Å². The molecule has 1 N–H and O–H groups in total. The Labute approximate surface area is 141 Å². The van der Waals surface area contributed by atoms with E-state index in [1.54, 1.807) is 18.2 Å². The molecule has 2 aromatic carbocycles. The Morgan fingerprint density at radius 1 is 1.21 bits per heavy atom. The second-order valence-electron chi connectivity index (χ2n) is 6.55. The average Bonchev–Trinajstić information content (AvgIpc) is 2.53. The van der Waals surface area contributed by atoms with Gasteiger partial charge in [0.05, 0.1) is 6.04 Å². The molecule has 0 saturated carbocycles. The summed E-state index contributed by atoms with van der Waals surface area (Å²) in [7, 11) is 0. The normalized spacial score (nSPS) is 18.7. The van der Waals surface area contributed by atoms with Crippen molar-refractivity contribution in [1.82, 2.24) is 5.32 Å². The summed E-state index contributed by atoms with van der Waals surface area (Å²) in [5.74, 6) is 0.330. The average molecular weight is 325 g/mol. The van der Waals surface area contributed by atoms with Crippen LogP contribution in [0.15, 0.2) is 54.6 Å². The number of fused-ring (bicyclic) bond motifs is 1. The van der Waals surface area contributed by atoms with Crippen LogP contribution < -0.4 is 10.1 Å². The molecule has 0 radical (unpaired) electrons. The Bertz CT molecular complexity index is 765. The lowest BCUT2D eigenvalue weighted by Gasteiger charge is -2.37. The zero-order valence-electron chi connectivity index (χ0n) is 13.8. The number of carbonyl (C=O) groups excluding carboxylic acids is 1. The molecule has 1 amide bonds. The lowest BCUT2D eigenvalue weighted by molar-refractivity contribution is -0.117. The number of halogens is 1. The smallest absolute Gasteiger partial charge is 0.244 e. The number of carbonyl (C=O) groups is 1. The van der Waals surface area contributed by atoms with Crippen LogP contribution in [0.3, 0.4) is 0 Å². The SMILES string of the molecule is CC1(C)CC(NC(=O)/C=C/c2ccc(F)cc2)c2ccccc2O1. The van der Waals surface area contributed by atoms with E-state index in [9.17, 15) is 9.18 Å². The largest absolute Gasteiger partial charge is 0.487 e. The molecule has 2 aromatic rings. The molecule has 1 heterocycles. The van der Waals surface area contributed by atoms with E-state index in [-0.39, 0.29) is 23.4 Å². The van der Waals surface area contributed by atoms with Gasteiger partial charge in [0.2, 0.25) is 5.91 Å². The second kappa shape index (κ2) is 6.48. The number of hydrogen-bond acceptors (Lipinski definition) is 2. The maximum atomic E-state index is 12.9. The number of rotatable bonds is 3. The molecule has 0 spiro atoms. The first kappa shape index (κ1) is 16.2. The number of para-hydroxylation sites is 1. The molecule has 1 aliphatic rings. The standard InChI is InChI=1S/C20H20FNO2/c1-20(2)13-17(16-5-3-4-6-18(16)24-20)22-19(23)12-9-14-7-10-15(21)11-8-14/h3-12,17H,13H2,1-2H3,(H,22,23)/b12-9+. The molecule has 0 aliphatic carbocycles. The van der Waals surface area contributed by atoms with Gasteiger partial charge in [-0.15, -0.1) is 0 Å². The van der Waals surface area contributed by atoms with Crippen LogP contribution in [0, 0.1) is 5.82 Å². The van der Waals surface area contributed by atoms with E-state index in [1.807, 2.05) is 38.1 Å². The van der Waals surface area contributed by atoms with E-state index in [0.717, 1.165) is 16.9 Å². The Kier molecular flexibility index (Phi) is 4.38. The minimum Gasteiger partial charge on any atom is -0.487 e. The third kappa shape index (κ3) is 3.82. The fourth-order valence-corrected chi connectivity index (χ4v) is 2.90. The van der Waals surface area contributed by atoms with Crippen LogP contribution in [0.1, 0.15) is 37.4 Å². The van der Waals surface area contributed by atoms with E-state index in [4.69, 9.17) is 4.74 Å². The minimum atomic E-state index is -0.340. The highest BCUT2D eigenvalue weighted by molar-refractivity contribution is 5.92. The minimum absolute atomic E-state index is 0.102. The van der Waals surface area contributed by atoms with Gasteiger partial charge in [0.15, 0.2) is 0 Å². The Morgan fingerprint density at radius 3 is 2.67 bits per heavy atom. The lowest BCUT2D eigenvalue weighted by Crippen LogP contribution is -2.40. The summed E-state index contributed by atoms with van der Waals surface area (Å²) in [6, 6.07) is 13.7. The van der Waals surface area contributed by atoms with Gasteiger partial charge in [0, 0.05) is 18.1 Å². The summed E-state index contributed by atoms with van der Waals surface area (Å²) < 4.78 is 18.9. The van der Waals surface area contributed by atoms with Crippen molar-refractivity contribution in [2.24, 2.45) is 0 Å². The van der Waals surface area contributed by atoms with Crippen molar-refractivity contribution in [2.75, 3.05) is 0 Å². The van der Waals surface area contributed by atoms with Crippen LogP contribution in [0.5, 0.6) is 5.75 Å². The maximum Gasteiger partial charge on any atom is 0.244 e. The van der Waals surface area contributed by atoms with Gasteiger partial charge in [-0.1, -0.05) is 30.3 Å². The zero-order chi connectivity index (χ0) is 17.2. The Balaban J connectivity index is 1.73. The summed E-state index contributed by atoms with van der Waals surface area (Å²) in [6.45, 7) is 4.02. The summed E-state index contributed by atoms with van der Waals surface area (Å²) in [5.41, 5.74) is 1.42. The molecule has 0 aromatic heterocycles. The molecule has 3 nitrogen and oxygen atoms in total. The fraction of sp³-hybridized carbons (Fsp3) is 0.250. The van der Waals surface area contributed by atoms with E-state index < -0.39 is 0 Å². The van der Waals surface area contributed by atoms with Crippen molar-refractivity contribution >= 4 is 12.0 Å². The quantitative estimate of drug-likeness (QED) is 0.857. The number of amides is 1. The monoisotopic (exact) mass is 325 g/mol. The third-order valence-electron chi connectivity index (χ3n) is 3.99. The van der Waals surface area contributed by atoms with Crippen molar-refractivity contribution in [2.45, 2.75) is 31.9 Å². The summed E-state index contributed by atoms with van der Waals surface area (Å²) in [5, 5.41) is 3.03. The molecule has 0 fully saturated rings. The predicted octanol–water partition coefficient (Wildman–Crippen LogP) is 4.26. The van der Waals surface area contributed by atoms with Gasteiger partial charge in [-0.2, -0.15) is 0 Å². The van der Waals surface area contributed by atoms with E-state index in [1.165, 1.54) is 18.2 Å². The summed E-state index contributed by atoms with van der Waals surface area (Å²) >= 11 is 0. The van der Waals surface area contributed by atoms with E-state index in [0.29, 0.717) is 6.42 Å².